The number of hydrogen-bond donors (Lipinski definition) is 1. The number of phenols is 1. The van der Waals surface area contributed by atoms with Gasteiger partial charge in [0.25, 0.3) is 0 Å². The molecule has 124 valence electrons. The van der Waals surface area contributed by atoms with Crippen molar-refractivity contribution in [1.29, 1.82) is 0 Å². The van der Waals surface area contributed by atoms with E-state index in [1.54, 1.807) is 6.07 Å². The van der Waals surface area contributed by atoms with Crippen molar-refractivity contribution in [2.75, 3.05) is 19.6 Å². The van der Waals surface area contributed by atoms with Crippen LogP contribution in [0.25, 0.3) is 0 Å². The molecular weight excluding hydrogens is 340 g/mol. The highest BCUT2D eigenvalue weighted by Gasteiger charge is 2.38. The van der Waals surface area contributed by atoms with Crippen molar-refractivity contribution in [2.45, 2.75) is 58.7 Å². The first kappa shape index (κ1) is 17.8. The van der Waals surface area contributed by atoms with Crippen molar-refractivity contribution < 1.29 is 5.11 Å². The zero-order valence-corrected chi connectivity index (χ0v) is 16.2. The Hall–Kier alpha value is -0.580. The lowest BCUT2D eigenvalue weighted by molar-refractivity contribution is -0.0235. The minimum atomic E-state index is 0.0968. The molecule has 1 unspecified atom stereocenters. The molecule has 1 aromatic rings. The smallest absolute Gasteiger partial charge is 0.115 e. The van der Waals surface area contributed by atoms with Crippen LogP contribution in [0.5, 0.6) is 5.75 Å². The van der Waals surface area contributed by atoms with Gasteiger partial charge in [-0.05, 0) is 65.3 Å². The van der Waals surface area contributed by atoms with E-state index < -0.39 is 0 Å². The van der Waals surface area contributed by atoms with E-state index in [-0.39, 0.29) is 17.1 Å². The van der Waals surface area contributed by atoms with Gasteiger partial charge in [0.05, 0.1) is 0 Å². The van der Waals surface area contributed by atoms with E-state index in [0.29, 0.717) is 5.75 Å². The molecule has 2 rings (SSSR count). The van der Waals surface area contributed by atoms with Gasteiger partial charge in [-0.3, -0.25) is 9.80 Å². The predicted molar refractivity (Wildman–Crippen MR) is 96.3 cm³/mol. The summed E-state index contributed by atoms with van der Waals surface area (Å²) in [7, 11) is 0. The summed E-state index contributed by atoms with van der Waals surface area (Å²) in [6.07, 6.45) is 0. The number of halogens is 1. The van der Waals surface area contributed by atoms with E-state index in [1.165, 1.54) is 5.56 Å². The molecule has 1 aliphatic rings. The maximum absolute atomic E-state index is 9.93. The Morgan fingerprint density at radius 2 is 1.68 bits per heavy atom. The van der Waals surface area contributed by atoms with Crippen molar-refractivity contribution in [3.05, 3.63) is 28.2 Å². The molecule has 1 aliphatic heterocycles. The van der Waals surface area contributed by atoms with E-state index >= 15 is 0 Å². The van der Waals surface area contributed by atoms with Gasteiger partial charge in [-0.1, -0.05) is 15.9 Å². The van der Waals surface area contributed by atoms with Gasteiger partial charge in [0.15, 0.2) is 0 Å². The van der Waals surface area contributed by atoms with Crippen LogP contribution in [0.3, 0.4) is 0 Å². The van der Waals surface area contributed by atoms with Crippen LogP contribution in [0.1, 0.15) is 53.1 Å². The van der Waals surface area contributed by atoms with Gasteiger partial charge in [0.2, 0.25) is 0 Å². The molecule has 0 radical (unpaired) electrons. The second kappa shape index (κ2) is 6.14. The van der Waals surface area contributed by atoms with E-state index in [1.807, 2.05) is 12.1 Å². The zero-order valence-electron chi connectivity index (χ0n) is 14.7. The number of benzene rings is 1. The van der Waals surface area contributed by atoms with Crippen molar-refractivity contribution in [2.24, 2.45) is 0 Å². The maximum Gasteiger partial charge on any atom is 0.115 e. The summed E-state index contributed by atoms with van der Waals surface area (Å²) in [6, 6.07) is 5.86. The van der Waals surface area contributed by atoms with E-state index in [9.17, 15) is 5.11 Å². The molecule has 1 fully saturated rings. The van der Waals surface area contributed by atoms with Gasteiger partial charge in [-0.15, -0.1) is 0 Å². The van der Waals surface area contributed by atoms with Crippen molar-refractivity contribution in [1.82, 2.24) is 9.80 Å². The molecule has 0 saturated carbocycles. The Morgan fingerprint density at radius 3 is 2.23 bits per heavy atom. The summed E-state index contributed by atoms with van der Waals surface area (Å²) in [5.41, 5.74) is 1.43. The standard InChI is InChI=1S/C18H29BrN2O/c1-17(2,3)20-9-10-21(18(4,5)6)16(12-20)14-11-13(22)7-8-15(14)19/h7-8,11,16,22H,9-10,12H2,1-6H3. The molecule has 0 amide bonds. The topological polar surface area (TPSA) is 26.7 Å². The van der Waals surface area contributed by atoms with Crippen LogP contribution in [-0.2, 0) is 0 Å². The molecule has 0 spiro atoms. The molecule has 1 heterocycles. The molecule has 1 atom stereocenters. The van der Waals surface area contributed by atoms with Crippen molar-refractivity contribution >= 4 is 15.9 Å². The van der Waals surface area contributed by atoms with Gasteiger partial charge >= 0.3 is 0 Å². The third-order valence-corrected chi connectivity index (χ3v) is 5.25. The van der Waals surface area contributed by atoms with Crippen LogP contribution in [0.15, 0.2) is 22.7 Å². The van der Waals surface area contributed by atoms with Gasteiger partial charge in [0, 0.05) is 41.2 Å². The SMILES string of the molecule is CC(C)(C)N1CCN(C(C)(C)C)C(c2cc(O)ccc2Br)C1. The first-order valence-electron chi connectivity index (χ1n) is 8.00. The van der Waals surface area contributed by atoms with E-state index in [0.717, 1.165) is 24.1 Å². The lowest BCUT2D eigenvalue weighted by atomic mass is 9.93. The lowest BCUT2D eigenvalue weighted by Gasteiger charge is -2.51. The average Bonchev–Trinajstić information content (AvgIpc) is 2.39. The van der Waals surface area contributed by atoms with Gasteiger partial charge in [-0.25, -0.2) is 0 Å². The van der Waals surface area contributed by atoms with Gasteiger partial charge in [0.1, 0.15) is 5.75 Å². The summed E-state index contributed by atoms with van der Waals surface area (Å²) in [5.74, 6) is 0.333. The summed E-state index contributed by atoms with van der Waals surface area (Å²) in [4.78, 5) is 5.09. The maximum atomic E-state index is 9.93. The zero-order chi connectivity index (χ0) is 16.7. The Bertz CT molecular complexity index is 531. The molecule has 0 aliphatic carbocycles. The fourth-order valence-corrected chi connectivity index (χ4v) is 3.76. The summed E-state index contributed by atoms with van der Waals surface area (Å²) < 4.78 is 1.07. The number of hydrogen-bond acceptors (Lipinski definition) is 3. The second-order valence-corrected chi connectivity index (χ2v) is 9.06. The second-order valence-electron chi connectivity index (χ2n) is 8.20. The van der Waals surface area contributed by atoms with Crippen LogP contribution in [-0.4, -0.2) is 45.6 Å². The van der Waals surface area contributed by atoms with E-state index in [4.69, 9.17) is 0 Å². The predicted octanol–water partition coefficient (Wildman–Crippen LogP) is 4.41. The average molecular weight is 369 g/mol. The first-order chi connectivity index (χ1) is 10.00. The monoisotopic (exact) mass is 368 g/mol. The quantitative estimate of drug-likeness (QED) is 0.794. The lowest BCUT2D eigenvalue weighted by Crippen LogP contribution is -2.58. The highest BCUT2D eigenvalue weighted by atomic mass is 79.9. The molecular formula is C18H29BrN2O. The molecule has 1 N–H and O–H groups in total. The normalized spacial score (nSPS) is 22.0. The van der Waals surface area contributed by atoms with Crippen LogP contribution in [0.2, 0.25) is 0 Å². The summed E-state index contributed by atoms with van der Waals surface area (Å²) in [5, 5.41) is 9.93. The number of piperazine rings is 1. The van der Waals surface area contributed by atoms with Crippen LogP contribution < -0.4 is 0 Å². The summed E-state index contributed by atoms with van der Waals surface area (Å²) in [6.45, 7) is 16.7. The summed E-state index contributed by atoms with van der Waals surface area (Å²) >= 11 is 3.67. The minimum absolute atomic E-state index is 0.0968. The first-order valence-corrected chi connectivity index (χ1v) is 8.79. The van der Waals surface area contributed by atoms with Crippen LogP contribution in [0.4, 0.5) is 0 Å². The van der Waals surface area contributed by atoms with Gasteiger partial charge < -0.3 is 5.11 Å². The number of rotatable bonds is 1. The third-order valence-electron chi connectivity index (χ3n) is 4.53. The Labute approximate surface area is 143 Å². The Kier molecular flexibility index (Phi) is 4.96. The molecule has 22 heavy (non-hydrogen) atoms. The number of phenolic OH excluding ortho intramolecular Hbond substituents is 1. The van der Waals surface area contributed by atoms with Crippen LogP contribution in [0, 0.1) is 0 Å². The van der Waals surface area contributed by atoms with Crippen LogP contribution >= 0.6 is 15.9 Å². The Balaban J connectivity index is 2.41. The molecule has 4 heteroatoms. The minimum Gasteiger partial charge on any atom is -0.508 e. The van der Waals surface area contributed by atoms with Crippen molar-refractivity contribution in [3.63, 3.8) is 0 Å². The van der Waals surface area contributed by atoms with Crippen molar-refractivity contribution in [3.8, 4) is 5.75 Å². The molecule has 3 nitrogen and oxygen atoms in total. The third kappa shape index (κ3) is 3.84. The number of nitrogens with zero attached hydrogens (tertiary/aromatic N) is 2. The largest absolute Gasteiger partial charge is 0.508 e. The molecule has 1 aromatic carbocycles. The fourth-order valence-electron chi connectivity index (χ4n) is 3.25. The van der Waals surface area contributed by atoms with E-state index in [2.05, 4.69) is 67.3 Å². The molecule has 1 saturated heterocycles. The van der Waals surface area contributed by atoms with Gasteiger partial charge in [-0.2, -0.15) is 0 Å². The number of aromatic hydroxyl groups is 1. The molecule has 0 bridgehead atoms. The highest BCUT2D eigenvalue weighted by Crippen LogP contribution is 2.38. The Morgan fingerprint density at radius 1 is 1.05 bits per heavy atom. The molecule has 0 aromatic heterocycles. The fraction of sp³-hybridized carbons (Fsp3) is 0.667. The highest BCUT2D eigenvalue weighted by molar-refractivity contribution is 9.10.